The molecule has 6 heteroatoms. The number of hydrogen-bond donors (Lipinski definition) is 1. The SMILES string of the molecule is COC(=O)CC(NC(=O)c1cc2ccccc2s1)C(C)=O. The fraction of sp³-hybridized carbons (Fsp3) is 0.267. The topological polar surface area (TPSA) is 72.5 Å². The van der Waals surface area contributed by atoms with Gasteiger partial charge in [-0.1, -0.05) is 18.2 Å². The average molecular weight is 305 g/mol. The maximum Gasteiger partial charge on any atom is 0.308 e. The van der Waals surface area contributed by atoms with E-state index in [4.69, 9.17) is 0 Å². The summed E-state index contributed by atoms with van der Waals surface area (Å²) in [6.07, 6.45) is -0.164. The molecule has 1 atom stereocenters. The number of thiophene rings is 1. The highest BCUT2D eigenvalue weighted by molar-refractivity contribution is 7.20. The van der Waals surface area contributed by atoms with E-state index in [0.717, 1.165) is 10.1 Å². The zero-order valence-electron chi connectivity index (χ0n) is 11.7. The fourth-order valence-corrected chi connectivity index (χ4v) is 2.84. The molecule has 0 aliphatic heterocycles. The molecule has 0 saturated carbocycles. The van der Waals surface area contributed by atoms with Crippen LogP contribution in [0.25, 0.3) is 10.1 Å². The molecular formula is C15H15NO4S. The minimum Gasteiger partial charge on any atom is -0.469 e. The number of esters is 1. The van der Waals surface area contributed by atoms with Crippen LogP contribution in [0.4, 0.5) is 0 Å². The molecular weight excluding hydrogens is 290 g/mol. The van der Waals surface area contributed by atoms with Gasteiger partial charge < -0.3 is 10.1 Å². The number of Topliss-reactive ketones (excluding diaryl/α,β-unsaturated/α-hetero) is 1. The highest BCUT2D eigenvalue weighted by Gasteiger charge is 2.22. The molecule has 0 radical (unpaired) electrons. The van der Waals surface area contributed by atoms with Gasteiger partial charge in [0.25, 0.3) is 5.91 Å². The van der Waals surface area contributed by atoms with Gasteiger partial charge in [-0.05, 0) is 24.4 Å². The smallest absolute Gasteiger partial charge is 0.308 e. The number of ether oxygens (including phenoxy) is 1. The summed E-state index contributed by atoms with van der Waals surface area (Å²) in [7, 11) is 1.24. The van der Waals surface area contributed by atoms with Crippen molar-refractivity contribution in [2.24, 2.45) is 0 Å². The number of hydrogen-bond acceptors (Lipinski definition) is 5. The zero-order chi connectivity index (χ0) is 15.4. The van der Waals surface area contributed by atoms with E-state index in [1.165, 1.54) is 25.4 Å². The molecule has 0 aliphatic carbocycles. The summed E-state index contributed by atoms with van der Waals surface area (Å²) < 4.78 is 5.52. The van der Waals surface area contributed by atoms with Crippen molar-refractivity contribution in [2.45, 2.75) is 19.4 Å². The first-order valence-corrected chi connectivity index (χ1v) is 7.19. The molecule has 1 aromatic heterocycles. The average Bonchev–Trinajstić information content (AvgIpc) is 2.90. The quantitative estimate of drug-likeness (QED) is 0.859. The van der Waals surface area contributed by atoms with Gasteiger partial charge >= 0.3 is 5.97 Å². The van der Waals surface area contributed by atoms with Crippen molar-refractivity contribution >= 4 is 39.1 Å². The lowest BCUT2D eigenvalue weighted by Crippen LogP contribution is -2.41. The Bertz CT molecular complexity index is 659. The van der Waals surface area contributed by atoms with Gasteiger partial charge in [0, 0.05) is 4.70 Å². The Morgan fingerprint density at radius 2 is 2.00 bits per heavy atom. The maximum absolute atomic E-state index is 12.2. The summed E-state index contributed by atoms with van der Waals surface area (Å²) in [5, 5.41) is 3.55. The largest absolute Gasteiger partial charge is 0.469 e. The second-order valence-corrected chi connectivity index (χ2v) is 5.65. The van der Waals surface area contributed by atoms with Gasteiger partial charge in [0.15, 0.2) is 5.78 Å². The standard InChI is InChI=1S/C15H15NO4S/c1-9(17)11(8-14(18)20-2)16-15(19)13-7-10-5-3-4-6-12(10)21-13/h3-7,11H,8H2,1-2H3,(H,16,19). The lowest BCUT2D eigenvalue weighted by atomic mass is 10.1. The first kappa shape index (κ1) is 15.2. The highest BCUT2D eigenvalue weighted by atomic mass is 32.1. The molecule has 1 heterocycles. The van der Waals surface area contributed by atoms with Gasteiger partial charge in [-0.25, -0.2) is 0 Å². The van der Waals surface area contributed by atoms with E-state index in [0.29, 0.717) is 4.88 Å². The number of rotatable bonds is 5. The van der Waals surface area contributed by atoms with Crippen molar-refractivity contribution in [3.05, 3.63) is 35.2 Å². The fourth-order valence-electron chi connectivity index (χ4n) is 1.87. The normalized spacial score (nSPS) is 11.9. The molecule has 0 fully saturated rings. The molecule has 5 nitrogen and oxygen atoms in total. The third-order valence-electron chi connectivity index (χ3n) is 3.04. The van der Waals surface area contributed by atoms with Crippen LogP contribution in [-0.2, 0) is 14.3 Å². The Morgan fingerprint density at radius 1 is 1.29 bits per heavy atom. The number of methoxy groups -OCH3 is 1. The van der Waals surface area contributed by atoms with Crippen LogP contribution in [0.3, 0.4) is 0 Å². The van der Waals surface area contributed by atoms with Crippen molar-refractivity contribution in [2.75, 3.05) is 7.11 Å². The van der Waals surface area contributed by atoms with Crippen molar-refractivity contribution in [1.29, 1.82) is 0 Å². The summed E-state index contributed by atoms with van der Waals surface area (Å²) >= 11 is 1.34. The minimum absolute atomic E-state index is 0.164. The second kappa shape index (κ2) is 6.49. The Kier molecular flexibility index (Phi) is 4.70. The molecule has 0 aliphatic rings. The van der Waals surface area contributed by atoms with Gasteiger partial charge in [-0.2, -0.15) is 0 Å². The van der Waals surface area contributed by atoms with Crippen molar-refractivity contribution < 1.29 is 19.1 Å². The van der Waals surface area contributed by atoms with Gasteiger partial charge in [-0.15, -0.1) is 11.3 Å². The molecule has 1 aromatic carbocycles. The van der Waals surface area contributed by atoms with Crippen molar-refractivity contribution in [3.8, 4) is 0 Å². The monoisotopic (exact) mass is 305 g/mol. The van der Waals surface area contributed by atoms with Crippen LogP contribution in [0.5, 0.6) is 0 Å². The van der Waals surface area contributed by atoms with E-state index in [-0.39, 0.29) is 18.1 Å². The third-order valence-corrected chi connectivity index (χ3v) is 4.16. The summed E-state index contributed by atoms with van der Waals surface area (Å²) in [6, 6.07) is 8.54. The molecule has 1 amide bonds. The summed E-state index contributed by atoms with van der Waals surface area (Å²) in [4.78, 5) is 35.5. The first-order valence-electron chi connectivity index (χ1n) is 6.38. The molecule has 1 unspecified atom stereocenters. The van der Waals surface area contributed by atoms with Crippen LogP contribution < -0.4 is 5.32 Å². The molecule has 2 aromatic rings. The summed E-state index contributed by atoms with van der Waals surface area (Å²) in [5.41, 5.74) is 0. The Labute approximate surface area is 125 Å². The van der Waals surface area contributed by atoms with E-state index in [1.807, 2.05) is 24.3 Å². The molecule has 0 saturated heterocycles. The Morgan fingerprint density at radius 3 is 2.62 bits per heavy atom. The Hall–Kier alpha value is -2.21. The van der Waals surface area contributed by atoms with Gasteiger partial charge in [0.1, 0.15) is 0 Å². The lowest BCUT2D eigenvalue weighted by molar-refractivity contribution is -0.142. The first-order chi connectivity index (χ1) is 10.0. The number of ketones is 1. The molecule has 0 spiro atoms. The number of carbonyl (C=O) groups is 3. The number of carbonyl (C=O) groups excluding carboxylic acids is 3. The van der Waals surface area contributed by atoms with Gasteiger partial charge in [-0.3, -0.25) is 14.4 Å². The van der Waals surface area contributed by atoms with E-state index >= 15 is 0 Å². The number of fused-ring (bicyclic) bond motifs is 1. The molecule has 21 heavy (non-hydrogen) atoms. The predicted octanol–water partition coefficient (Wildman–Crippen LogP) is 2.15. The van der Waals surface area contributed by atoms with Gasteiger partial charge in [0.05, 0.1) is 24.4 Å². The van der Waals surface area contributed by atoms with Crippen LogP contribution in [0.1, 0.15) is 23.0 Å². The second-order valence-electron chi connectivity index (χ2n) is 4.57. The van der Waals surface area contributed by atoms with E-state index in [2.05, 4.69) is 10.1 Å². The predicted molar refractivity (Wildman–Crippen MR) is 80.4 cm³/mol. The minimum atomic E-state index is -0.866. The van der Waals surface area contributed by atoms with Crippen LogP contribution in [-0.4, -0.2) is 30.8 Å². The maximum atomic E-state index is 12.2. The van der Waals surface area contributed by atoms with Crippen molar-refractivity contribution in [3.63, 3.8) is 0 Å². The molecule has 1 N–H and O–H groups in total. The number of amides is 1. The van der Waals surface area contributed by atoms with Gasteiger partial charge in [0.2, 0.25) is 0 Å². The summed E-state index contributed by atoms with van der Waals surface area (Å²) in [6.45, 7) is 1.33. The van der Waals surface area contributed by atoms with Crippen LogP contribution in [0.2, 0.25) is 0 Å². The van der Waals surface area contributed by atoms with Crippen LogP contribution in [0.15, 0.2) is 30.3 Å². The third kappa shape index (κ3) is 3.66. The highest BCUT2D eigenvalue weighted by Crippen LogP contribution is 2.25. The van der Waals surface area contributed by atoms with Crippen molar-refractivity contribution in [1.82, 2.24) is 5.32 Å². The zero-order valence-corrected chi connectivity index (χ0v) is 12.5. The van der Waals surface area contributed by atoms with Crippen LogP contribution in [0, 0.1) is 0 Å². The molecule has 0 bridgehead atoms. The molecule has 2 rings (SSSR count). The van der Waals surface area contributed by atoms with E-state index < -0.39 is 12.0 Å². The Balaban J connectivity index is 2.14. The molecule has 110 valence electrons. The van der Waals surface area contributed by atoms with E-state index in [9.17, 15) is 14.4 Å². The number of nitrogens with one attached hydrogen (secondary N) is 1. The number of benzene rings is 1. The lowest BCUT2D eigenvalue weighted by Gasteiger charge is -2.13. The van der Waals surface area contributed by atoms with Crippen LogP contribution >= 0.6 is 11.3 Å². The van der Waals surface area contributed by atoms with E-state index in [1.54, 1.807) is 6.07 Å². The summed E-state index contributed by atoms with van der Waals surface area (Å²) in [5.74, 6) is -1.18.